The average molecular weight is 187 g/mol. The van der Waals surface area contributed by atoms with Crippen molar-refractivity contribution in [2.75, 3.05) is 0 Å². The van der Waals surface area contributed by atoms with E-state index in [1.165, 1.54) is 0 Å². The fourth-order valence-corrected chi connectivity index (χ4v) is 1.94. The van der Waals surface area contributed by atoms with Crippen LogP contribution in [0.15, 0.2) is 30.3 Å². The highest BCUT2D eigenvalue weighted by molar-refractivity contribution is 6.36. The Morgan fingerprint density at radius 2 is 1.82 bits per heavy atom. The van der Waals surface area contributed by atoms with Gasteiger partial charge in [-0.25, -0.2) is 0 Å². The largest absolute Gasteiger partial charge is 0.121 e. The summed E-state index contributed by atoms with van der Waals surface area (Å²) >= 11 is 12.1. The first kappa shape index (κ1) is 7.45. The maximum atomic E-state index is 6.19. The van der Waals surface area contributed by atoms with Gasteiger partial charge in [-0.3, -0.25) is 0 Å². The van der Waals surface area contributed by atoms with Crippen LogP contribution in [0.1, 0.15) is 12.0 Å². The van der Waals surface area contributed by atoms with E-state index in [-0.39, 0.29) is 10.3 Å². The van der Waals surface area contributed by atoms with E-state index in [2.05, 4.69) is 0 Å². The number of benzene rings is 1. The molecule has 0 N–H and O–H groups in total. The van der Waals surface area contributed by atoms with Crippen molar-refractivity contribution in [3.05, 3.63) is 35.9 Å². The van der Waals surface area contributed by atoms with Crippen LogP contribution < -0.4 is 0 Å². The van der Waals surface area contributed by atoms with E-state index in [4.69, 9.17) is 23.2 Å². The molecule has 0 aromatic heterocycles. The third-order valence-corrected chi connectivity index (χ3v) is 3.34. The standard InChI is InChI=1S/C9H8Cl2/c10-8-6-9(8,11)7-4-2-1-3-5-7/h1-5,8H,6H2. The smallest absolute Gasteiger partial charge is 0.0873 e. The van der Waals surface area contributed by atoms with Crippen LogP contribution in [0.3, 0.4) is 0 Å². The van der Waals surface area contributed by atoms with Crippen molar-refractivity contribution in [2.24, 2.45) is 0 Å². The van der Waals surface area contributed by atoms with E-state index in [1.807, 2.05) is 30.3 Å². The lowest BCUT2D eigenvalue weighted by molar-refractivity contribution is 1.02. The Labute approximate surface area is 76.1 Å². The summed E-state index contributed by atoms with van der Waals surface area (Å²) in [5, 5.41) is 0.117. The third-order valence-electron chi connectivity index (χ3n) is 2.07. The van der Waals surface area contributed by atoms with Gasteiger partial charge in [-0.05, 0) is 12.0 Å². The minimum atomic E-state index is -0.261. The normalized spacial score (nSPS) is 35.3. The van der Waals surface area contributed by atoms with E-state index in [0.717, 1.165) is 12.0 Å². The summed E-state index contributed by atoms with van der Waals surface area (Å²) in [5.41, 5.74) is 1.14. The Hall–Kier alpha value is -0.200. The fourth-order valence-electron chi connectivity index (χ4n) is 1.22. The minimum Gasteiger partial charge on any atom is -0.121 e. The maximum absolute atomic E-state index is 6.19. The first-order valence-electron chi connectivity index (χ1n) is 3.62. The molecule has 0 amide bonds. The molecule has 0 bridgehead atoms. The Morgan fingerprint density at radius 3 is 2.27 bits per heavy atom. The van der Waals surface area contributed by atoms with Crippen LogP contribution >= 0.6 is 23.2 Å². The van der Waals surface area contributed by atoms with Gasteiger partial charge < -0.3 is 0 Å². The second-order valence-corrected chi connectivity index (χ2v) is 4.10. The molecule has 0 heterocycles. The van der Waals surface area contributed by atoms with Gasteiger partial charge in [-0.15, -0.1) is 23.2 Å². The van der Waals surface area contributed by atoms with Crippen LogP contribution in [0.4, 0.5) is 0 Å². The number of rotatable bonds is 1. The molecule has 0 spiro atoms. The fraction of sp³-hybridized carbons (Fsp3) is 0.333. The molecule has 2 atom stereocenters. The van der Waals surface area contributed by atoms with Gasteiger partial charge in [0.25, 0.3) is 0 Å². The molecule has 58 valence electrons. The predicted octanol–water partition coefficient (Wildman–Crippen LogP) is 3.13. The molecule has 1 aliphatic rings. The highest BCUT2D eigenvalue weighted by Crippen LogP contribution is 2.55. The monoisotopic (exact) mass is 186 g/mol. The molecule has 1 aliphatic carbocycles. The minimum absolute atomic E-state index is 0.117. The molecule has 2 heteroatoms. The van der Waals surface area contributed by atoms with Gasteiger partial charge in [0, 0.05) is 0 Å². The summed E-state index contributed by atoms with van der Waals surface area (Å²) in [6, 6.07) is 10.0. The zero-order valence-electron chi connectivity index (χ0n) is 5.93. The lowest BCUT2D eigenvalue weighted by Crippen LogP contribution is -1.98. The zero-order chi connectivity index (χ0) is 7.90. The highest BCUT2D eigenvalue weighted by Gasteiger charge is 2.53. The van der Waals surface area contributed by atoms with Crippen molar-refractivity contribution in [1.29, 1.82) is 0 Å². The molecule has 0 saturated heterocycles. The van der Waals surface area contributed by atoms with E-state index >= 15 is 0 Å². The molecule has 1 aromatic carbocycles. The second-order valence-electron chi connectivity index (χ2n) is 2.90. The van der Waals surface area contributed by atoms with Crippen molar-refractivity contribution < 1.29 is 0 Å². The summed E-state index contributed by atoms with van der Waals surface area (Å²) in [6.45, 7) is 0. The summed E-state index contributed by atoms with van der Waals surface area (Å²) in [5.74, 6) is 0. The molecule has 2 unspecified atom stereocenters. The Balaban J connectivity index is 2.32. The van der Waals surface area contributed by atoms with E-state index < -0.39 is 0 Å². The van der Waals surface area contributed by atoms with Gasteiger partial charge in [0.05, 0.1) is 10.3 Å². The van der Waals surface area contributed by atoms with Crippen LogP contribution in [-0.2, 0) is 4.87 Å². The SMILES string of the molecule is ClC1CC1(Cl)c1ccccc1. The number of alkyl halides is 2. The molecule has 0 radical (unpaired) electrons. The molecular formula is C9H8Cl2. The topological polar surface area (TPSA) is 0 Å². The lowest BCUT2D eigenvalue weighted by atomic mass is 10.1. The van der Waals surface area contributed by atoms with Crippen molar-refractivity contribution >= 4 is 23.2 Å². The quantitative estimate of drug-likeness (QED) is 0.592. The zero-order valence-corrected chi connectivity index (χ0v) is 7.44. The van der Waals surface area contributed by atoms with Gasteiger partial charge in [0.2, 0.25) is 0 Å². The summed E-state index contributed by atoms with van der Waals surface area (Å²) < 4.78 is 0. The first-order chi connectivity index (χ1) is 5.23. The van der Waals surface area contributed by atoms with Crippen LogP contribution in [0.2, 0.25) is 0 Å². The predicted molar refractivity (Wildman–Crippen MR) is 48.2 cm³/mol. The van der Waals surface area contributed by atoms with E-state index in [1.54, 1.807) is 0 Å². The van der Waals surface area contributed by atoms with Crippen LogP contribution in [0.5, 0.6) is 0 Å². The van der Waals surface area contributed by atoms with Gasteiger partial charge in [0.1, 0.15) is 0 Å². The molecule has 0 nitrogen and oxygen atoms in total. The number of halogens is 2. The average Bonchev–Trinajstić information content (AvgIpc) is 2.64. The lowest BCUT2D eigenvalue weighted by Gasteiger charge is -2.05. The molecular weight excluding hydrogens is 179 g/mol. The van der Waals surface area contributed by atoms with E-state index in [0.29, 0.717) is 0 Å². The van der Waals surface area contributed by atoms with Gasteiger partial charge >= 0.3 is 0 Å². The van der Waals surface area contributed by atoms with Crippen molar-refractivity contribution in [1.82, 2.24) is 0 Å². The Bertz CT molecular complexity index is 258. The van der Waals surface area contributed by atoms with Gasteiger partial charge in [-0.2, -0.15) is 0 Å². The van der Waals surface area contributed by atoms with Crippen molar-refractivity contribution in [2.45, 2.75) is 16.7 Å². The summed E-state index contributed by atoms with van der Waals surface area (Å²) in [6.07, 6.45) is 0.889. The van der Waals surface area contributed by atoms with Crippen molar-refractivity contribution in [3.8, 4) is 0 Å². The molecule has 1 aromatic rings. The van der Waals surface area contributed by atoms with Crippen LogP contribution in [-0.4, -0.2) is 5.38 Å². The van der Waals surface area contributed by atoms with Gasteiger partial charge in [-0.1, -0.05) is 30.3 Å². The molecule has 0 aliphatic heterocycles. The molecule has 11 heavy (non-hydrogen) atoms. The molecule has 1 saturated carbocycles. The Morgan fingerprint density at radius 1 is 1.27 bits per heavy atom. The summed E-state index contributed by atoms with van der Waals surface area (Å²) in [4.78, 5) is -0.261. The van der Waals surface area contributed by atoms with Gasteiger partial charge in [0.15, 0.2) is 0 Å². The Kier molecular flexibility index (Phi) is 1.62. The maximum Gasteiger partial charge on any atom is 0.0873 e. The number of hydrogen-bond acceptors (Lipinski definition) is 0. The first-order valence-corrected chi connectivity index (χ1v) is 4.43. The highest BCUT2D eigenvalue weighted by atomic mass is 35.5. The van der Waals surface area contributed by atoms with Crippen molar-refractivity contribution in [3.63, 3.8) is 0 Å². The number of hydrogen-bond donors (Lipinski definition) is 0. The van der Waals surface area contributed by atoms with E-state index in [9.17, 15) is 0 Å². The third kappa shape index (κ3) is 1.15. The second kappa shape index (κ2) is 2.40. The van der Waals surface area contributed by atoms with Crippen LogP contribution in [0, 0.1) is 0 Å². The molecule has 2 rings (SSSR count). The molecule has 1 fully saturated rings. The van der Waals surface area contributed by atoms with Crippen LogP contribution in [0.25, 0.3) is 0 Å². The summed E-state index contributed by atoms with van der Waals surface area (Å²) in [7, 11) is 0.